The minimum Gasteiger partial charge on any atom is -0.256 e. The van der Waals surface area contributed by atoms with Crippen molar-refractivity contribution in [1.82, 2.24) is 4.98 Å². The molecule has 0 aliphatic carbocycles. The summed E-state index contributed by atoms with van der Waals surface area (Å²) in [4.78, 5) is 4.43. The molecule has 1 heteroatoms. The van der Waals surface area contributed by atoms with E-state index in [0.717, 1.165) is 5.69 Å². The first-order valence-corrected chi connectivity index (χ1v) is 5.76. The summed E-state index contributed by atoms with van der Waals surface area (Å²) in [6.45, 7) is 2.14. The van der Waals surface area contributed by atoms with Crippen LogP contribution in [-0.4, -0.2) is 4.98 Å². The molecule has 0 saturated heterocycles. The third-order valence-corrected chi connectivity index (χ3v) is 3.08. The second kappa shape index (κ2) is 4.02. The van der Waals surface area contributed by atoms with Gasteiger partial charge >= 0.3 is 0 Å². The van der Waals surface area contributed by atoms with E-state index in [9.17, 15) is 0 Å². The van der Waals surface area contributed by atoms with Crippen LogP contribution >= 0.6 is 0 Å². The number of pyridine rings is 1. The molecular formula is C16H13N. The molecule has 0 amide bonds. The van der Waals surface area contributed by atoms with Crippen LogP contribution in [0.5, 0.6) is 0 Å². The fraction of sp³-hybridized carbons (Fsp3) is 0.0625. The number of aryl methyl sites for hydroxylation is 1. The first-order valence-electron chi connectivity index (χ1n) is 5.76. The highest BCUT2D eigenvalue weighted by molar-refractivity contribution is 5.97. The smallest absolute Gasteiger partial charge is 0.0708 e. The summed E-state index contributed by atoms with van der Waals surface area (Å²) in [5, 5.41) is 2.57. The van der Waals surface area contributed by atoms with Gasteiger partial charge in [-0.2, -0.15) is 0 Å². The van der Waals surface area contributed by atoms with E-state index < -0.39 is 0 Å². The topological polar surface area (TPSA) is 12.9 Å². The van der Waals surface area contributed by atoms with Crippen LogP contribution < -0.4 is 0 Å². The molecule has 0 spiro atoms. The van der Waals surface area contributed by atoms with E-state index >= 15 is 0 Å². The molecule has 3 aromatic rings. The number of fused-ring (bicyclic) bond motifs is 1. The van der Waals surface area contributed by atoms with Gasteiger partial charge in [0.2, 0.25) is 0 Å². The number of rotatable bonds is 1. The zero-order valence-electron chi connectivity index (χ0n) is 9.72. The van der Waals surface area contributed by atoms with E-state index in [1.165, 1.54) is 21.9 Å². The second-order valence-corrected chi connectivity index (χ2v) is 4.19. The Hall–Kier alpha value is -2.15. The minimum atomic E-state index is 1.03. The molecular weight excluding hydrogens is 206 g/mol. The fourth-order valence-corrected chi connectivity index (χ4v) is 2.21. The number of nitrogens with zero attached hydrogens (tertiary/aromatic N) is 1. The van der Waals surface area contributed by atoms with Crippen molar-refractivity contribution < 1.29 is 0 Å². The van der Waals surface area contributed by atoms with Gasteiger partial charge in [-0.05, 0) is 35.4 Å². The zero-order chi connectivity index (χ0) is 11.7. The molecule has 1 aromatic heterocycles. The Morgan fingerprint density at radius 1 is 0.765 bits per heavy atom. The third-order valence-electron chi connectivity index (χ3n) is 3.08. The second-order valence-electron chi connectivity index (χ2n) is 4.19. The number of hydrogen-bond donors (Lipinski definition) is 0. The van der Waals surface area contributed by atoms with Crippen LogP contribution in [0.1, 0.15) is 5.56 Å². The standard InChI is InChI=1S/C16H13N/c1-12-6-4-8-14-13(12)7-5-9-15(14)16-10-2-3-11-17-16/h2-11H,1H3. The lowest BCUT2D eigenvalue weighted by molar-refractivity contribution is 1.33. The van der Waals surface area contributed by atoms with Crippen molar-refractivity contribution in [3.8, 4) is 11.3 Å². The lowest BCUT2D eigenvalue weighted by Crippen LogP contribution is -1.85. The van der Waals surface area contributed by atoms with Crippen LogP contribution in [0.2, 0.25) is 0 Å². The molecule has 82 valence electrons. The summed E-state index contributed by atoms with van der Waals surface area (Å²) < 4.78 is 0. The molecule has 0 atom stereocenters. The van der Waals surface area contributed by atoms with Gasteiger partial charge in [-0.3, -0.25) is 4.98 Å². The molecule has 3 rings (SSSR count). The normalized spacial score (nSPS) is 10.6. The fourth-order valence-electron chi connectivity index (χ4n) is 2.21. The van der Waals surface area contributed by atoms with Crippen molar-refractivity contribution in [3.63, 3.8) is 0 Å². The van der Waals surface area contributed by atoms with Gasteiger partial charge in [0.05, 0.1) is 5.69 Å². The van der Waals surface area contributed by atoms with Crippen molar-refractivity contribution in [2.75, 3.05) is 0 Å². The van der Waals surface area contributed by atoms with E-state index in [2.05, 4.69) is 54.4 Å². The van der Waals surface area contributed by atoms with Crippen molar-refractivity contribution >= 4 is 10.8 Å². The van der Waals surface area contributed by atoms with Gasteiger partial charge < -0.3 is 0 Å². The highest BCUT2D eigenvalue weighted by Gasteiger charge is 2.04. The molecule has 0 saturated carbocycles. The van der Waals surface area contributed by atoms with E-state index in [-0.39, 0.29) is 0 Å². The number of aromatic nitrogens is 1. The predicted molar refractivity (Wildman–Crippen MR) is 71.9 cm³/mol. The van der Waals surface area contributed by atoms with Gasteiger partial charge in [0, 0.05) is 11.8 Å². The summed E-state index contributed by atoms with van der Waals surface area (Å²) in [5.41, 5.74) is 3.54. The van der Waals surface area contributed by atoms with Gasteiger partial charge in [-0.1, -0.05) is 42.5 Å². The Morgan fingerprint density at radius 3 is 2.41 bits per heavy atom. The largest absolute Gasteiger partial charge is 0.256 e. The van der Waals surface area contributed by atoms with Crippen molar-refractivity contribution in [1.29, 1.82) is 0 Å². The molecule has 0 radical (unpaired) electrons. The maximum absolute atomic E-state index is 4.43. The molecule has 1 nitrogen and oxygen atoms in total. The summed E-state index contributed by atoms with van der Waals surface area (Å²) in [6.07, 6.45) is 1.84. The minimum absolute atomic E-state index is 1.03. The summed E-state index contributed by atoms with van der Waals surface area (Å²) >= 11 is 0. The molecule has 0 fully saturated rings. The average molecular weight is 219 g/mol. The Labute approximate surface area is 101 Å². The number of hydrogen-bond acceptors (Lipinski definition) is 1. The van der Waals surface area contributed by atoms with Gasteiger partial charge in [-0.15, -0.1) is 0 Å². The monoisotopic (exact) mass is 219 g/mol. The van der Waals surface area contributed by atoms with Crippen LogP contribution in [0.25, 0.3) is 22.0 Å². The van der Waals surface area contributed by atoms with Crippen molar-refractivity contribution in [2.24, 2.45) is 0 Å². The van der Waals surface area contributed by atoms with Crippen molar-refractivity contribution in [3.05, 3.63) is 66.4 Å². The van der Waals surface area contributed by atoms with Gasteiger partial charge in [0.1, 0.15) is 0 Å². The lowest BCUT2D eigenvalue weighted by atomic mass is 9.99. The maximum atomic E-state index is 4.43. The Morgan fingerprint density at radius 2 is 1.59 bits per heavy atom. The van der Waals surface area contributed by atoms with E-state index in [1.54, 1.807) is 0 Å². The first kappa shape index (κ1) is 10.0. The molecule has 0 aliphatic heterocycles. The van der Waals surface area contributed by atoms with Gasteiger partial charge in [0.25, 0.3) is 0 Å². The zero-order valence-corrected chi connectivity index (χ0v) is 9.72. The summed E-state index contributed by atoms with van der Waals surface area (Å²) in [5.74, 6) is 0. The Bertz CT molecular complexity index is 657. The highest BCUT2D eigenvalue weighted by atomic mass is 14.7. The summed E-state index contributed by atoms with van der Waals surface area (Å²) in [7, 11) is 0. The van der Waals surface area contributed by atoms with E-state index in [0.29, 0.717) is 0 Å². The van der Waals surface area contributed by atoms with Crippen molar-refractivity contribution in [2.45, 2.75) is 6.92 Å². The van der Waals surface area contributed by atoms with Crippen LogP contribution in [0.3, 0.4) is 0 Å². The Kier molecular flexibility index (Phi) is 2.37. The summed E-state index contributed by atoms with van der Waals surface area (Å²) in [6, 6.07) is 18.8. The van der Waals surface area contributed by atoms with Crippen LogP contribution in [0.4, 0.5) is 0 Å². The number of benzene rings is 2. The molecule has 1 heterocycles. The maximum Gasteiger partial charge on any atom is 0.0708 e. The lowest BCUT2D eigenvalue weighted by Gasteiger charge is -2.07. The van der Waals surface area contributed by atoms with E-state index in [1.807, 2.05) is 18.3 Å². The SMILES string of the molecule is Cc1cccc2c(-c3ccccn3)cccc12. The Balaban J connectivity index is 2.35. The van der Waals surface area contributed by atoms with Gasteiger partial charge in [0.15, 0.2) is 0 Å². The third kappa shape index (κ3) is 1.70. The molecule has 0 aliphatic rings. The highest BCUT2D eigenvalue weighted by Crippen LogP contribution is 2.28. The average Bonchev–Trinajstić information content (AvgIpc) is 2.40. The molecule has 0 unspecified atom stereocenters. The van der Waals surface area contributed by atoms with Gasteiger partial charge in [-0.25, -0.2) is 0 Å². The first-order chi connectivity index (χ1) is 8.36. The quantitative estimate of drug-likeness (QED) is 0.597. The van der Waals surface area contributed by atoms with E-state index in [4.69, 9.17) is 0 Å². The van der Waals surface area contributed by atoms with Crippen LogP contribution in [0.15, 0.2) is 60.8 Å². The van der Waals surface area contributed by atoms with Crippen LogP contribution in [-0.2, 0) is 0 Å². The molecule has 17 heavy (non-hydrogen) atoms. The molecule has 2 aromatic carbocycles. The predicted octanol–water partition coefficient (Wildman–Crippen LogP) is 4.21. The van der Waals surface area contributed by atoms with Crippen LogP contribution in [0, 0.1) is 6.92 Å². The molecule has 0 bridgehead atoms. The molecule has 0 N–H and O–H groups in total.